The summed E-state index contributed by atoms with van der Waals surface area (Å²) in [5.41, 5.74) is 7.89. The van der Waals surface area contributed by atoms with Gasteiger partial charge >= 0.3 is 0 Å². The molecule has 2 aromatic rings. The highest BCUT2D eigenvalue weighted by Gasteiger charge is 2.35. The van der Waals surface area contributed by atoms with Crippen LogP contribution in [0, 0.1) is 0 Å². The monoisotopic (exact) mass is 264 g/mol. The van der Waals surface area contributed by atoms with Crippen molar-refractivity contribution in [3.8, 4) is 0 Å². The molecule has 4 rings (SSSR count). The third kappa shape index (κ3) is 1.59. The maximum absolute atomic E-state index is 2.54. The summed E-state index contributed by atoms with van der Waals surface area (Å²) in [5.74, 6) is 0. The van der Waals surface area contributed by atoms with Crippen LogP contribution < -0.4 is 4.57 Å². The van der Waals surface area contributed by atoms with Gasteiger partial charge in [0.05, 0.1) is 5.39 Å². The lowest BCUT2D eigenvalue weighted by atomic mass is 9.84. The first-order valence-electron chi connectivity index (χ1n) is 7.73. The van der Waals surface area contributed by atoms with E-state index in [1.165, 1.54) is 41.4 Å². The predicted octanol–water partition coefficient (Wildman–Crippen LogP) is 4.38. The van der Waals surface area contributed by atoms with Gasteiger partial charge in [-0.05, 0) is 36.3 Å². The van der Waals surface area contributed by atoms with E-state index in [-0.39, 0.29) is 5.41 Å². The van der Waals surface area contributed by atoms with Crippen molar-refractivity contribution >= 4 is 16.5 Å². The molecule has 102 valence electrons. The van der Waals surface area contributed by atoms with Gasteiger partial charge in [0, 0.05) is 23.3 Å². The van der Waals surface area contributed by atoms with Crippen LogP contribution in [0.3, 0.4) is 0 Å². The zero-order chi connectivity index (χ0) is 13.9. The molecular formula is C19H22N+. The van der Waals surface area contributed by atoms with Gasteiger partial charge in [-0.1, -0.05) is 32.9 Å². The van der Waals surface area contributed by atoms with Gasteiger partial charge in [0.25, 0.3) is 0 Å². The number of allylic oxidation sites excluding steroid dienone is 2. The molecule has 0 saturated heterocycles. The number of pyridine rings is 1. The zero-order valence-corrected chi connectivity index (χ0v) is 12.7. The second-order valence-electron chi connectivity index (χ2n) is 7.23. The Balaban J connectivity index is 2.07. The van der Waals surface area contributed by atoms with Crippen molar-refractivity contribution in [3.05, 3.63) is 47.2 Å². The molecule has 0 radical (unpaired) electrons. The summed E-state index contributed by atoms with van der Waals surface area (Å²) in [7, 11) is 0. The number of para-hydroxylation sites is 1. The molecule has 2 heterocycles. The molecular weight excluding hydrogens is 242 g/mol. The molecule has 1 aromatic heterocycles. The van der Waals surface area contributed by atoms with Gasteiger partial charge in [0.2, 0.25) is 11.2 Å². The minimum absolute atomic E-state index is 0.192. The third-order valence-corrected chi connectivity index (χ3v) is 4.86. The molecule has 0 saturated carbocycles. The highest BCUT2D eigenvalue weighted by molar-refractivity contribution is 5.83. The summed E-state index contributed by atoms with van der Waals surface area (Å²) in [6, 6.07) is 11.4. The van der Waals surface area contributed by atoms with E-state index in [1.54, 1.807) is 11.1 Å². The Morgan fingerprint density at radius 3 is 2.65 bits per heavy atom. The maximum atomic E-state index is 2.54. The molecule has 1 nitrogen and oxygen atoms in total. The first-order chi connectivity index (χ1) is 9.55. The van der Waals surface area contributed by atoms with Crippen LogP contribution in [0.2, 0.25) is 0 Å². The second kappa shape index (κ2) is 3.94. The average molecular weight is 264 g/mol. The molecule has 2 aliphatic rings. The Morgan fingerprint density at radius 2 is 1.85 bits per heavy atom. The lowest BCUT2D eigenvalue weighted by Crippen LogP contribution is -2.37. The summed E-state index contributed by atoms with van der Waals surface area (Å²) in [6.07, 6.45) is 3.93. The van der Waals surface area contributed by atoms with Crippen LogP contribution in [0.25, 0.3) is 16.5 Å². The molecule has 0 fully saturated rings. The average Bonchev–Trinajstić information content (AvgIpc) is 2.97. The number of benzene rings is 1. The van der Waals surface area contributed by atoms with E-state index in [0.717, 1.165) is 6.54 Å². The fourth-order valence-corrected chi connectivity index (χ4v) is 3.88. The van der Waals surface area contributed by atoms with Crippen molar-refractivity contribution in [2.75, 3.05) is 0 Å². The molecule has 0 spiro atoms. The topological polar surface area (TPSA) is 3.88 Å². The van der Waals surface area contributed by atoms with E-state index in [2.05, 4.69) is 55.7 Å². The molecule has 1 heteroatoms. The first kappa shape index (κ1) is 12.1. The highest BCUT2D eigenvalue weighted by Crippen LogP contribution is 2.39. The fourth-order valence-electron chi connectivity index (χ4n) is 3.88. The largest absolute Gasteiger partial charge is 0.213 e. The third-order valence-electron chi connectivity index (χ3n) is 4.86. The van der Waals surface area contributed by atoms with Gasteiger partial charge in [0.1, 0.15) is 0 Å². The van der Waals surface area contributed by atoms with E-state index in [0.29, 0.717) is 0 Å². The molecule has 0 N–H and O–H groups in total. The number of hydrogen-bond donors (Lipinski definition) is 0. The van der Waals surface area contributed by atoms with Crippen LogP contribution in [0.5, 0.6) is 0 Å². The Hall–Kier alpha value is -1.63. The highest BCUT2D eigenvalue weighted by atomic mass is 15.0. The van der Waals surface area contributed by atoms with Gasteiger partial charge in [-0.3, -0.25) is 0 Å². The second-order valence-corrected chi connectivity index (χ2v) is 7.23. The van der Waals surface area contributed by atoms with Crippen molar-refractivity contribution in [1.82, 2.24) is 0 Å². The molecule has 1 aliphatic carbocycles. The Labute approximate surface area is 120 Å². The first-order valence-corrected chi connectivity index (χ1v) is 7.73. The number of nitrogens with zero attached hydrogens (tertiary/aromatic N) is 1. The summed E-state index contributed by atoms with van der Waals surface area (Å²) in [5, 5.41) is 1.42. The Bertz CT molecular complexity index is 744. The quantitative estimate of drug-likeness (QED) is 0.622. The van der Waals surface area contributed by atoms with Gasteiger partial charge in [-0.15, -0.1) is 0 Å². The van der Waals surface area contributed by atoms with Gasteiger partial charge in [0.15, 0.2) is 6.54 Å². The van der Waals surface area contributed by atoms with E-state index >= 15 is 0 Å². The number of rotatable bonds is 0. The summed E-state index contributed by atoms with van der Waals surface area (Å²) < 4.78 is 2.54. The Kier molecular flexibility index (Phi) is 2.39. The normalized spacial score (nSPS) is 17.8. The van der Waals surface area contributed by atoms with Crippen molar-refractivity contribution < 1.29 is 4.57 Å². The predicted molar refractivity (Wildman–Crippen MR) is 83.6 cm³/mol. The molecule has 0 unspecified atom stereocenters. The summed E-state index contributed by atoms with van der Waals surface area (Å²) in [4.78, 5) is 0. The molecule has 0 bridgehead atoms. The standard InChI is InChI=1S/C19H22N/c1-19(2,3)16-11-18-14-9-6-7-13(14)12-20(18)17-10-5-4-8-15(16)17/h4-5,8,10-11H,6-7,9,12H2,1-3H3/q+1. The maximum Gasteiger partial charge on any atom is 0.213 e. The van der Waals surface area contributed by atoms with Crippen LogP contribution in [-0.4, -0.2) is 0 Å². The van der Waals surface area contributed by atoms with Crippen molar-refractivity contribution in [3.63, 3.8) is 0 Å². The van der Waals surface area contributed by atoms with E-state index in [1.807, 2.05) is 0 Å². The summed E-state index contributed by atoms with van der Waals surface area (Å²) in [6.45, 7) is 8.09. The molecule has 0 amide bonds. The number of hydrogen-bond acceptors (Lipinski definition) is 0. The summed E-state index contributed by atoms with van der Waals surface area (Å²) >= 11 is 0. The van der Waals surface area contributed by atoms with Crippen molar-refractivity contribution in [2.24, 2.45) is 0 Å². The van der Waals surface area contributed by atoms with E-state index in [4.69, 9.17) is 0 Å². The van der Waals surface area contributed by atoms with Gasteiger partial charge in [-0.25, -0.2) is 0 Å². The van der Waals surface area contributed by atoms with E-state index < -0.39 is 0 Å². The fraction of sp³-hybridized carbons (Fsp3) is 0.421. The molecule has 0 atom stereocenters. The number of aromatic nitrogens is 1. The SMILES string of the molecule is CC(C)(C)c1cc2[n+](c3ccccc13)CC1=C2CCC1. The van der Waals surface area contributed by atoms with Crippen LogP contribution in [0.15, 0.2) is 35.9 Å². The van der Waals surface area contributed by atoms with Crippen LogP contribution in [-0.2, 0) is 12.0 Å². The van der Waals surface area contributed by atoms with Crippen LogP contribution in [0.1, 0.15) is 51.3 Å². The van der Waals surface area contributed by atoms with Gasteiger partial charge in [-0.2, -0.15) is 4.57 Å². The minimum atomic E-state index is 0.192. The van der Waals surface area contributed by atoms with Crippen LogP contribution >= 0.6 is 0 Å². The number of fused-ring (bicyclic) bond motifs is 4. The molecule has 20 heavy (non-hydrogen) atoms. The minimum Gasteiger partial charge on any atom is -0.188 e. The molecule has 1 aliphatic heterocycles. The van der Waals surface area contributed by atoms with Crippen molar-refractivity contribution in [2.45, 2.75) is 52.0 Å². The lowest BCUT2D eigenvalue weighted by molar-refractivity contribution is -0.660. The van der Waals surface area contributed by atoms with Crippen LogP contribution in [0.4, 0.5) is 0 Å². The lowest BCUT2D eigenvalue weighted by Gasteiger charge is -2.21. The van der Waals surface area contributed by atoms with E-state index in [9.17, 15) is 0 Å². The smallest absolute Gasteiger partial charge is 0.188 e. The van der Waals surface area contributed by atoms with Crippen molar-refractivity contribution in [1.29, 1.82) is 0 Å². The van der Waals surface area contributed by atoms with Gasteiger partial charge < -0.3 is 0 Å². The zero-order valence-electron chi connectivity index (χ0n) is 12.7. The molecule has 1 aromatic carbocycles. The Morgan fingerprint density at radius 1 is 1.05 bits per heavy atom.